The zero-order chi connectivity index (χ0) is 19.4. The maximum absolute atomic E-state index is 12.3. The summed E-state index contributed by atoms with van der Waals surface area (Å²) in [6, 6.07) is 1.94. The molecule has 0 spiro atoms. The van der Waals surface area contributed by atoms with Gasteiger partial charge in [-0.15, -0.1) is 22.7 Å². The van der Waals surface area contributed by atoms with Gasteiger partial charge < -0.3 is 10.1 Å². The molecule has 0 bridgehead atoms. The largest absolute Gasteiger partial charge is 0.462 e. The minimum atomic E-state index is -0.899. The number of hydrazone groups is 1. The molecule has 1 aliphatic carbocycles. The predicted octanol–water partition coefficient (Wildman–Crippen LogP) is 2.87. The molecule has 142 valence electrons. The van der Waals surface area contributed by atoms with E-state index in [4.69, 9.17) is 4.74 Å². The number of hydrogen-bond acceptors (Lipinski definition) is 7. The molecule has 2 aromatic rings. The molecule has 0 saturated heterocycles. The van der Waals surface area contributed by atoms with Gasteiger partial charge in [-0.25, -0.2) is 10.2 Å². The minimum absolute atomic E-state index is 0.244. The van der Waals surface area contributed by atoms with Gasteiger partial charge in [0.1, 0.15) is 5.00 Å². The second kappa shape index (κ2) is 8.45. The lowest BCUT2D eigenvalue weighted by atomic mass is 10.1. The van der Waals surface area contributed by atoms with Crippen LogP contribution in [0.5, 0.6) is 0 Å². The van der Waals surface area contributed by atoms with Crippen LogP contribution in [0.25, 0.3) is 0 Å². The molecule has 3 rings (SSSR count). The number of aryl methyl sites for hydroxylation is 2. The Morgan fingerprint density at radius 3 is 2.81 bits per heavy atom. The molecule has 27 heavy (non-hydrogen) atoms. The fourth-order valence-electron chi connectivity index (χ4n) is 2.79. The standard InChI is InChI=1S/C18H19N3O4S2/c1-3-25-18(24)14-11-5-4-6-12(11)27-17(14)20-15(22)16(23)21-19-9-13-10(2)7-8-26-13/h7-9H,3-6H2,1-2H3,(H,20,22)(H,21,23)/b19-9-. The number of ether oxygens (including phenoxy) is 1. The number of hydrogen-bond donors (Lipinski definition) is 2. The fraction of sp³-hybridized carbons (Fsp3) is 0.333. The third-order valence-corrected chi connectivity index (χ3v) is 6.24. The fourth-order valence-corrected chi connectivity index (χ4v) is 4.85. The quantitative estimate of drug-likeness (QED) is 0.346. The summed E-state index contributed by atoms with van der Waals surface area (Å²) in [7, 11) is 0. The van der Waals surface area contributed by atoms with Gasteiger partial charge in [0, 0.05) is 9.75 Å². The molecule has 2 aromatic heterocycles. The number of carbonyl (C=O) groups excluding carboxylic acids is 3. The molecule has 1 aliphatic rings. The van der Waals surface area contributed by atoms with E-state index in [1.807, 2.05) is 18.4 Å². The van der Waals surface area contributed by atoms with E-state index in [9.17, 15) is 14.4 Å². The van der Waals surface area contributed by atoms with Gasteiger partial charge in [0.15, 0.2) is 0 Å². The molecule has 7 nitrogen and oxygen atoms in total. The number of esters is 1. The Balaban J connectivity index is 1.68. The van der Waals surface area contributed by atoms with E-state index < -0.39 is 17.8 Å². The average Bonchev–Trinajstić information content (AvgIpc) is 3.31. The molecule has 0 fully saturated rings. The molecule has 0 atom stereocenters. The highest BCUT2D eigenvalue weighted by atomic mass is 32.1. The van der Waals surface area contributed by atoms with Crippen LogP contribution in [0.1, 0.15) is 44.6 Å². The Kier molecular flexibility index (Phi) is 6.02. The number of anilines is 1. The van der Waals surface area contributed by atoms with Crippen molar-refractivity contribution in [1.82, 2.24) is 5.43 Å². The van der Waals surface area contributed by atoms with Crippen LogP contribution in [0.15, 0.2) is 16.5 Å². The number of fused-ring (bicyclic) bond motifs is 1. The molecule has 2 N–H and O–H groups in total. The van der Waals surface area contributed by atoms with Crippen LogP contribution in [0.3, 0.4) is 0 Å². The SMILES string of the molecule is CCOC(=O)c1c(NC(=O)C(=O)N/N=C\c2sccc2C)sc2c1CCC2. The molecule has 0 saturated carbocycles. The smallest absolute Gasteiger partial charge is 0.341 e. The molecule has 0 radical (unpaired) electrons. The Morgan fingerprint density at radius 2 is 2.11 bits per heavy atom. The van der Waals surface area contributed by atoms with Crippen LogP contribution in [0, 0.1) is 6.92 Å². The van der Waals surface area contributed by atoms with Crippen molar-refractivity contribution < 1.29 is 19.1 Å². The van der Waals surface area contributed by atoms with Crippen LogP contribution in [-0.2, 0) is 27.2 Å². The summed E-state index contributed by atoms with van der Waals surface area (Å²) in [5.74, 6) is -2.25. The lowest BCUT2D eigenvalue weighted by molar-refractivity contribution is -0.136. The molecule has 0 aromatic carbocycles. The maximum Gasteiger partial charge on any atom is 0.341 e. The predicted molar refractivity (Wildman–Crippen MR) is 106 cm³/mol. The second-order valence-corrected chi connectivity index (χ2v) is 7.96. The van der Waals surface area contributed by atoms with Crippen LogP contribution < -0.4 is 10.7 Å². The lowest BCUT2D eigenvalue weighted by Gasteiger charge is -2.07. The number of thiophene rings is 2. The number of amides is 2. The highest BCUT2D eigenvalue weighted by Crippen LogP contribution is 2.39. The third-order valence-electron chi connectivity index (χ3n) is 4.08. The zero-order valence-electron chi connectivity index (χ0n) is 15.0. The summed E-state index contributed by atoms with van der Waals surface area (Å²) < 4.78 is 5.11. The van der Waals surface area contributed by atoms with Crippen LogP contribution in [0.2, 0.25) is 0 Å². The first-order chi connectivity index (χ1) is 13.0. The maximum atomic E-state index is 12.3. The highest BCUT2D eigenvalue weighted by Gasteiger charge is 2.29. The Morgan fingerprint density at radius 1 is 1.30 bits per heavy atom. The van der Waals surface area contributed by atoms with E-state index in [1.165, 1.54) is 28.9 Å². The van der Waals surface area contributed by atoms with Gasteiger partial charge in [-0.3, -0.25) is 9.59 Å². The van der Waals surface area contributed by atoms with Crippen molar-refractivity contribution in [3.63, 3.8) is 0 Å². The van der Waals surface area contributed by atoms with E-state index in [2.05, 4.69) is 15.8 Å². The molecule has 2 amide bonds. The van der Waals surface area contributed by atoms with E-state index in [0.717, 1.165) is 40.1 Å². The molecular formula is C18H19N3O4S2. The lowest BCUT2D eigenvalue weighted by Crippen LogP contribution is -2.32. The first-order valence-electron chi connectivity index (χ1n) is 8.51. The van der Waals surface area contributed by atoms with Gasteiger partial charge >= 0.3 is 17.8 Å². The normalized spacial score (nSPS) is 12.8. The van der Waals surface area contributed by atoms with Gasteiger partial charge in [-0.1, -0.05) is 0 Å². The Bertz CT molecular complexity index is 914. The summed E-state index contributed by atoms with van der Waals surface area (Å²) in [6.45, 7) is 3.90. The van der Waals surface area contributed by atoms with Crippen LogP contribution >= 0.6 is 22.7 Å². The molecule has 2 heterocycles. The topological polar surface area (TPSA) is 96.9 Å². The van der Waals surface area contributed by atoms with Crippen molar-refractivity contribution in [2.24, 2.45) is 5.10 Å². The van der Waals surface area contributed by atoms with Crippen LogP contribution in [-0.4, -0.2) is 30.6 Å². The highest BCUT2D eigenvalue weighted by molar-refractivity contribution is 7.17. The monoisotopic (exact) mass is 405 g/mol. The van der Waals surface area contributed by atoms with Crippen molar-refractivity contribution in [3.8, 4) is 0 Å². The van der Waals surface area contributed by atoms with Gasteiger partial charge in [0.05, 0.1) is 18.4 Å². The van der Waals surface area contributed by atoms with Gasteiger partial charge in [-0.2, -0.15) is 5.10 Å². The summed E-state index contributed by atoms with van der Waals surface area (Å²) in [5, 5.41) is 8.61. The number of nitrogens with zero attached hydrogens (tertiary/aromatic N) is 1. The van der Waals surface area contributed by atoms with E-state index in [-0.39, 0.29) is 6.61 Å². The number of carbonyl (C=O) groups is 3. The van der Waals surface area contributed by atoms with Gasteiger partial charge in [0.2, 0.25) is 0 Å². The summed E-state index contributed by atoms with van der Waals surface area (Å²) >= 11 is 2.81. The van der Waals surface area contributed by atoms with E-state index in [0.29, 0.717) is 10.6 Å². The first-order valence-corrected chi connectivity index (χ1v) is 10.2. The van der Waals surface area contributed by atoms with Gasteiger partial charge in [0.25, 0.3) is 0 Å². The molecule has 0 aliphatic heterocycles. The van der Waals surface area contributed by atoms with Crippen LogP contribution in [0.4, 0.5) is 5.00 Å². The first kappa shape index (κ1) is 19.2. The zero-order valence-corrected chi connectivity index (χ0v) is 16.6. The van der Waals surface area contributed by atoms with E-state index >= 15 is 0 Å². The van der Waals surface area contributed by atoms with Crippen molar-refractivity contribution in [2.45, 2.75) is 33.1 Å². The van der Waals surface area contributed by atoms with Crippen molar-refractivity contribution >= 4 is 51.7 Å². The molecule has 0 unspecified atom stereocenters. The molecular weight excluding hydrogens is 386 g/mol. The number of rotatable bonds is 5. The Hall–Kier alpha value is -2.52. The van der Waals surface area contributed by atoms with Crippen molar-refractivity contribution in [1.29, 1.82) is 0 Å². The van der Waals surface area contributed by atoms with Gasteiger partial charge in [-0.05, 0) is 55.7 Å². The summed E-state index contributed by atoms with van der Waals surface area (Å²) in [5.41, 5.74) is 4.53. The number of nitrogens with one attached hydrogen (secondary N) is 2. The molecule has 9 heteroatoms. The van der Waals surface area contributed by atoms with Crippen molar-refractivity contribution in [3.05, 3.63) is 37.9 Å². The third kappa shape index (κ3) is 4.25. The second-order valence-electron chi connectivity index (χ2n) is 5.90. The minimum Gasteiger partial charge on any atom is -0.462 e. The van der Waals surface area contributed by atoms with E-state index in [1.54, 1.807) is 6.92 Å². The average molecular weight is 406 g/mol. The van der Waals surface area contributed by atoms with Crippen molar-refractivity contribution in [2.75, 3.05) is 11.9 Å². The summed E-state index contributed by atoms with van der Waals surface area (Å²) in [6.07, 6.45) is 4.10. The summed E-state index contributed by atoms with van der Waals surface area (Å²) in [4.78, 5) is 38.4. The Labute approximate surface area is 164 Å².